The number of carbonyl (C=O) groups excluding carboxylic acids is 1. The van der Waals surface area contributed by atoms with Gasteiger partial charge in [-0.15, -0.1) is 17.9 Å². The van der Waals surface area contributed by atoms with Crippen LogP contribution in [0.1, 0.15) is 18.4 Å². The van der Waals surface area contributed by atoms with Crippen LogP contribution < -0.4 is 10.9 Å². The smallest absolute Gasteiger partial charge is 0.263 e. The zero-order valence-corrected chi connectivity index (χ0v) is 19.1. The Morgan fingerprint density at radius 2 is 2.23 bits per heavy atom. The summed E-state index contributed by atoms with van der Waals surface area (Å²) in [5.41, 5.74) is 2.95. The second-order valence-electron chi connectivity index (χ2n) is 7.52. The molecule has 1 atom stereocenters. The van der Waals surface area contributed by atoms with E-state index in [0.717, 1.165) is 30.6 Å². The first kappa shape index (κ1) is 21.8. The van der Waals surface area contributed by atoms with Gasteiger partial charge in [0.2, 0.25) is 5.91 Å². The molecule has 2 aromatic heterocycles. The number of amides is 1. The normalized spacial score (nSPS) is 16.0. The molecule has 1 N–H and O–H groups in total. The van der Waals surface area contributed by atoms with E-state index in [9.17, 15) is 9.59 Å². The molecule has 6 nitrogen and oxygen atoms in total. The predicted octanol–water partition coefficient (Wildman–Crippen LogP) is 4.01. The van der Waals surface area contributed by atoms with Gasteiger partial charge in [0.1, 0.15) is 4.83 Å². The fraction of sp³-hybridized carbons (Fsp3) is 0.348. The van der Waals surface area contributed by atoms with Crippen LogP contribution in [0.15, 0.2) is 52.3 Å². The number of benzene rings is 1. The molecule has 1 amide bonds. The maximum atomic E-state index is 13.4. The Hall–Kier alpha value is -2.42. The molecule has 162 valence electrons. The molecule has 0 aliphatic carbocycles. The Morgan fingerprint density at radius 1 is 1.42 bits per heavy atom. The van der Waals surface area contributed by atoms with Crippen LogP contribution in [0.25, 0.3) is 21.3 Å². The van der Waals surface area contributed by atoms with Gasteiger partial charge in [-0.3, -0.25) is 14.2 Å². The quantitative estimate of drug-likeness (QED) is 0.316. The number of hydrogen-bond donors (Lipinski definition) is 1. The molecule has 8 heteroatoms. The predicted molar refractivity (Wildman–Crippen MR) is 127 cm³/mol. The maximum absolute atomic E-state index is 13.4. The molecule has 1 aliphatic rings. The van der Waals surface area contributed by atoms with Crippen molar-refractivity contribution in [3.05, 3.63) is 58.2 Å². The number of rotatable bonds is 8. The first-order valence-electron chi connectivity index (χ1n) is 10.3. The van der Waals surface area contributed by atoms with E-state index in [0.29, 0.717) is 28.5 Å². The second-order valence-corrected chi connectivity index (χ2v) is 9.32. The summed E-state index contributed by atoms with van der Waals surface area (Å²) < 4.78 is 7.13. The number of aromatic nitrogens is 2. The van der Waals surface area contributed by atoms with Crippen LogP contribution >= 0.6 is 23.1 Å². The summed E-state index contributed by atoms with van der Waals surface area (Å²) >= 11 is 2.72. The summed E-state index contributed by atoms with van der Waals surface area (Å²) in [4.78, 5) is 31.0. The maximum Gasteiger partial charge on any atom is 0.263 e. The molecule has 3 aromatic rings. The number of allylic oxidation sites excluding steroid dienone is 1. The first-order valence-corrected chi connectivity index (χ1v) is 12.1. The van der Waals surface area contributed by atoms with E-state index >= 15 is 0 Å². The Labute approximate surface area is 189 Å². The molecule has 31 heavy (non-hydrogen) atoms. The Kier molecular flexibility index (Phi) is 6.89. The summed E-state index contributed by atoms with van der Waals surface area (Å²) in [6.45, 7) is 7.44. The van der Waals surface area contributed by atoms with Gasteiger partial charge in [-0.25, -0.2) is 4.98 Å². The van der Waals surface area contributed by atoms with Crippen molar-refractivity contribution in [1.29, 1.82) is 0 Å². The zero-order chi connectivity index (χ0) is 21.8. The van der Waals surface area contributed by atoms with E-state index in [4.69, 9.17) is 9.72 Å². The van der Waals surface area contributed by atoms with Crippen molar-refractivity contribution in [1.82, 2.24) is 14.9 Å². The number of fused-ring (bicyclic) bond motifs is 1. The summed E-state index contributed by atoms with van der Waals surface area (Å²) in [6.07, 6.45) is 3.80. The molecule has 3 heterocycles. The summed E-state index contributed by atoms with van der Waals surface area (Å²) in [5, 5.41) is 6.03. The van der Waals surface area contributed by atoms with E-state index in [1.807, 2.05) is 36.6 Å². The number of nitrogens with zero attached hydrogens (tertiary/aromatic N) is 2. The Balaban J connectivity index is 1.57. The molecule has 1 saturated heterocycles. The average Bonchev–Trinajstić information content (AvgIpc) is 3.44. The molecular formula is C23H25N3O3S2. The van der Waals surface area contributed by atoms with E-state index in [1.54, 1.807) is 10.6 Å². The van der Waals surface area contributed by atoms with Crippen molar-refractivity contribution in [2.75, 3.05) is 18.9 Å². The highest BCUT2D eigenvalue weighted by atomic mass is 32.2. The van der Waals surface area contributed by atoms with Gasteiger partial charge >= 0.3 is 0 Å². The third-order valence-corrected chi connectivity index (χ3v) is 7.06. The fourth-order valence-corrected chi connectivity index (χ4v) is 5.39. The monoisotopic (exact) mass is 455 g/mol. The van der Waals surface area contributed by atoms with Crippen molar-refractivity contribution in [3.8, 4) is 11.1 Å². The molecule has 4 rings (SSSR count). The van der Waals surface area contributed by atoms with Crippen molar-refractivity contribution >= 4 is 39.2 Å². The number of thiophene rings is 1. The molecule has 1 aliphatic heterocycles. The molecular weight excluding hydrogens is 430 g/mol. The van der Waals surface area contributed by atoms with Crippen LogP contribution in [0.5, 0.6) is 0 Å². The Morgan fingerprint density at radius 3 is 2.94 bits per heavy atom. The third kappa shape index (κ3) is 4.92. The molecule has 0 spiro atoms. The van der Waals surface area contributed by atoms with Gasteiger partial charge in [-0.2, -0.15) is 0 Å². The van der Waals surface area contributed by atoms with E-state index in [1.165, 1.54) is 28.7 Å². The van der Waals surface area contributed by atoms with Gasteiger partial charge in [0.05, 0.1) is 17.2 Å². The zero-order valence-electron chi connectivity index (χ0n) is 17.4. The molecule has 0 bridgehead atoms. The number of nitrogens with one attached hydrogen (secondary N) is 1. The second kappa shape index (κ2) is 9.80. The first-order chi connectivity index (χ1) is 15.1. The van der Waals surface area contributed by atoms with Gasteiger partial charge < -0.3 is 10.1 Å². The fourth-order valence-electron chi connectivity index (χ4n) is 3.57. The topological polar surface area (TPSA) is 73.2 Å². The SMILES string of the molecule is C=CCn1c(SCC(=O)NCC2CCCO2)nc2scc(-c3ccc(C)cc3)c2c1=O. The highest BCUT2D eigenvalue weighted by Gasteiger charge is 2.19. The standard InChI is InChI=1S/C23H25N3O3S2/c1-3-10-26-22(28)20-18(16-8-6-15(2)7-9-16)13-30-21(20)25-23(26)31-14-19(27)24-12-17-5-4-11-29-17/h3,6-9,13,17H,1,4-5,10-12,14H2,2H3,(H,24,27). The van der Waals surface area contributed by atoms with E-state index in [2.05, 4.69) is 11.9 Å². The minimum Gasteiger partial charge on any atom is -0.376 e. The average molecular weight is 456 g/mol. The van der Waals surface area contributed by atoms with Crippen LogP contribution in [0.3, 0.4) is 0 Å². The molecule has 1 fully saturated rings. The van der Waals surface area contributed by atoms with Crippen LogP contribution in [-0.4, -0.2) is 40.5 Å². The molecule has 1 aromatic carbocycles. The van der Waals surface area contributed by atoms with Crippen molar-refractivity contribution in [3.63, 3.8) is 0 Å². The molecule has 0 radical (unpaired) electrons. The number of thioether (sulfide) groups is 1. The third-order valence-electron chi connectivity index (χ3n) is 5.22. The lowest BCUT2D eigenvalue weighted by Gasteiger charge is -2.12. The summed E-state index contributed by atoms with van der Waals surface area (Å²) in [6, 6.07) is 8.12. The van der Waals surface area contributed by atoms with Crippen LogP contribution in [-0.2, 0) is 16.1 Å². The minimum absolute atomic E-state index is 0.0912. The van der Waals surface area contributed by atoms with E-state index in [-0.39, 0.29) is 23.3 Å². The molecule has 0 saturated carbocycles. The van der Waals surface area contributed by atoms with Gasteiger partial charge in [-0.1, -0.05) is 47.7 Å². The lowest BCUT2D eigenvalue weighted by molar-refractivity contribution is -0.119. The van der Waals surface area contributed by atoms with Gasteiger partial charge in [0, 0.05) is 30.6 Å². The summed E-state index contributed by atoms with van der Waals surface area (Å²) in [5.74, 6) is 0.101. The van der Waals surface area contributed by atoms with Crippen molar-refractivity contribution in [2.45, 2.75) is 37.6 Å². The van der Waals surface area contributed by atoms with Crippen molar-refractivity contribution in [2.24, 2.45) is 0 Å². The minimum atomic E-state index is -0.107. The summed E-state index contributed by atoms with van der Waals surface area (Å²) in [7, 11) is 0. The van der Waals surface area contributed by atoms with Crippen LogP contribution in [0, 0.1) is 6.92 Å². The Bertz CT molecular complexity index is 1150. The van der Waals surface area contributed by atoms with Crippen molar-refractivity contribution < 1.29 is 9.53 Å². The van der Waals surface area contributed by atoms with Gasteiger partial charge in [-0.05, 0) is 25.3 Å². The largest absolute Gasteiger partial charge is 0.376 e. The lowest BCUT2D eigenvalue weighted by Crippen LogP contribution is -2.33. The highest BCUT2D eigenvalue weighted by molar-refractivity contribution is 7.99. The number of hydrogen-bond acceptors (Lipinski definition) is 6. The van der Waals surface area contributed by atoms with Crippen LogP contribution in [0.2, 0.25) is 0 Å². The highest BCUT2D eigenvalue weighted by Crippen LogP contribution is 2.32. The number of carbonyl (C=O) groups is 1. The number of aryl methyl sites for hydroxylation is 1. The van der Waals surface area contributed by atoms with Gasteiger partial charge in [0.15, 0.2) is 5.16 Å². The lowest BCUT2D eigenvalue weighted by atomic mass is 10.1. The van der Waals surface area contributed by atoms with Gasteiger partial charge in [0.25, 0.3) is 5.56 Å². The van der Waals surface area contributed by atoms with Crippen LogP contribution in [0.4, 0.5) is 0 Å². The number of ether oxygens (including phenoxy) is 1. The van der Waals surface area contributed by atoms with E-state index < -0.39 is 0 Å². The molecule has 1 unspecified atom stereocenters.